The molecule has 0 aliphatic rings. The van der Waals surface area contributed by atoms with Gasteiger partial charge in [-0.05, 0) is 43.7 Å². The molecule has 0 bridgehead atoms. The lowest BCUT2D eigenvalue weighted by Crippen LogP contribution is -2.23. The van der Waals surface area contributed by atoms with E-state index in [1.165, 1.54) is 6.07 Å². The first-order valence-corrected chi connectivity index (χ1v) is 8.09. The van der Waals surface area contributed by atoms with E-state index in [1.54, 1.807) is 23.5 Å². The van der Waals surface area contributed by atoms with Crippen molar-refractivity contribution in [2.75, 3.05) is 5.73 Å². The minimum absolute atomic E-state index is 0.131. The van der Waals surface area contributed by atoms with Crippen molar-refractivity contribution in [2.24, 2.45) is 0 Å². The van der Waals surface area contributed by atoms with Crippen LogP contribution in [0.3, 0.4) is 0 Å². The van der Waals surface area contributed by atoms with Gasteiger partial charge in [0.15, 0.2) is 0 Å². The molecule has 0 aliphatic heterocycles. The Morgan fingerprint density at radius 3 is 2.53 bits per heavy atom. The van der Waals surface area contributed by atoms with Gasteiger partial charge >= 0.3 is 0 Å². The second-order valence-corrected chi connectivity index (χ2v) is 7.49. The average Bonchev–Trinajstić information content (AvgIpc) is 2.72. The molecule has 0 fully saturated rings. The number of hydrogen-bond acceptors (Lipinski definition) is 4. The van der Waals surface area contributed by atoms with Crippen molar-refractivity contribution in [3.63, 3.8) is 0 Å². The Balaban J connectivity index is 2.18. The van der Waals surface area contributed by atoms with Crippen LogP contribution in [0.25, 0.3) is 0 Å². The Kier molecular flexibility index (Phi) is 3.93. The van der Waals surface area contributed by atoms with E-state index in [0.717, 1.165) is 15.3 Å². The van der Waals surface area contributed by atoms with Crippen LogP contribution in [-0.4, -0.2) is 8.42 Å². The summed E-state index contributed by atoms with van der Waals surface area (Å²) in [6.07, 6.45) is 0. The van der Waals surface area contributed by atoms with Gasteiger partial charge in [-0.15, -0.1) is 11.3 Å². The van der Waals surface area contributed by atoms with Crippen LogP contribution in [0.1, 0.15) is 15.3 Å². The molecule has 0 aliphatic carbocycles. The zero-order chi connectivity index (χ0) is 14.0. The van der Waals surface area contributed by atoms with Gasteiger partial charge < -0.3 is 5.73 Å². The number of nitrogen functional groups attached to an aromatic ring is 1. The molecule has 0 saturated carbocycles. The number of sulfonamides is 1. The predicted molar refractivity (Wildman–Crippen MR) is 78.7 cm³/mol. The standard InChI is InChI=1S/C13H16N2O2S2/c1-9-3-6-13(12(14)7-9)19(16,17)15-8-11-5-4-10(2)18-11/h3-7,15H,8,14H2,1-2H3. The minimum atomic E-state index is -3.56. The van der Waals surface area contributed by atoms with Gasteiger partial charge in [0.25, 0.3) is 0 Å². The molecular formula is C13H16N2O2S2. The highest BCUT2D eigenvalue weighted by Crippen LogP contribution is 2.20. The Morgan fingerprint density at radius 2 is 1.95 bits per heavy atom. The number of benzene rings is 1. The van der Waals surface area contributed by atoms with Crippen molar-refractivity contribution < 1.29 is 8.42 Å². The van der Waals surface area contributed by atoms with Gasteiger partial charge in [-0.1, -0.05) is 6.07 Å². The molecular weight excluding hydrogens is 280 g/mol. The Morgan fingerprint density at radius 1 is 1.21 bits per heavy atom. The molecule has 0 amide bonds. The first kappa shape index (κ1) is 14.0. The van der Waals surface area contributed by atoms with Crippen molar-refractivity contribution in [3.05, 3.63) is 45.6 Å². The van der Waals surface area contributed by atoms with Crippen LogP contribution in [0.15, 0.2) is 35.2 Å². The molecule has 19 heavy (non-hydrogen) atoms. The average molecular weight is 296 g/mol. The predicted octanol–water partition coefficient (Wildman–Crippen LogP) is 2.43. The van der Waals surface area contributed by atoms with Gasteiger partial charge in [-0.25, -0.2) is 13.1 Å². The maximum absolute atomic E-state index is 12.2. The summed E-state index contributed by atoms with van der Waals surface area (Å²) in [5.74, 6) is 0. The monoisotopic (exact) mass is 296 g/mol. The molecule has 4 nitrogen and oxygen atoms in total. The molecule has 3 N–H and O–H groups in total. The van der Waals surface area contributed by atoms with Crippen molar-refractivity contribution >= 4 is 27.0 Å². The molecule has 102 valence electrons. The quantitative estimate of drug-likeness (QED) is 0.851. The summed E-state index contributed by atoms with van der Waals surface area (Å²) in [5.41, 5.74) is 6.97. The van der Waals surface area contributed by atoms with Gasteiger partial charge in [0, 0.05) is 16.3 Å². The summed E-state index contributed by atoms with van der Waals surface area (Å²) in [4.78, 5) is 2.27. The lowest BCUT2D eigenvalue weighted by molar-refractivity contribution is 0.582. The van der Waals surface area contributed by atoms with E-state index in [9.17, 15) is 8.42 Å². The number of thiophene rings is 1. The van der Waals surface area contributed by atoms with Gasteiger partial charge in [0.2, 0.25) is 10.0 Å². The van der Waals surface area contributed by atoms with Gasteiger partial charge in [-0.2, -0.15) is 0 Å². The zero-order valence-corrected chi connectivity index (χ0v) is 12.4. The van der Waals surface area contributed by atoms with Crippen LogP contribution in [-0.2, 0) is 16.6 Å². The highest BCUT2D eigenvalue weighted by molar-refractivity contribution is 7.89. The molecule has 1 aromatic carbocycles. The molecule has 1 heterocycles. The first-order valence-electron chi connectivity index (χ1n) is 5.79. The van der Waals surface area contributed by atoms with Crippen LogP contribution in [0, 0.1) is 13.8 Å². The molecule has 1 aromatic heterocycles. The summed E-state index contributed by atoms with van der Waals surface area (Å²) in [7, 11) is -3.56. The lowest BCUT2D eigenvalue weighted by atomic mass is 10.2. The van der Waals surface area contributed by atoms with Gasteiger partial charge in [0.1, 0.15) is 4.90 Å². The van der Waals surface area contributed by atoms with Crippen LogP contribution >= 0.6 is 11.3 Å². The third kappa shape index (κ3) is 3.34. The highest BCUT2D eigenvalue weighted by Gasteiger charge is 2.17. The van der Waals surface area contributed by atoms with E-state index in [2.05, 4.69) is 4.72 Å². The zero-order valence-electron chi connectivity index (χ0n) is 10.8. The van der Waals surface area contributed by atoms with E-state index in [4.69, 9.17) is 5.73 Å². The number of hydrogen-bond donors (Lipinski definition) is 2. The highest BCUT2D eigenvalue weighted by atomic mass is 32.2. The van der Waals surface area contributed by atoms with Crippen LogP contribution in [0.2, 0.25) is 0 Å². The molecule has 0 unspecified atom stereocenters. The third-order valence-corrected chi connectivity index (χ3v) is 5.16. The smallest absolute Gasteiger partial charge is 0.242 e. The van der Waals surface area contributed by atoms with E-state index in [-0.39, 0.29) is 17.1 Å². The summed E-state index contributed by atoms with van der Waals surface area (Å²) < 4.78 is 26.9. The first-order chi connectivity index (χ1) is 8.88. The molecule has 2 aromatic rings. The van der Waals surface area contributed by atoms with Crippen molar-refractivity contribution in [1.82, 2.24) is 4.72 Å². The molecule has 0 spiro atoms. The molecule has 0 saturated heterocycles. The van der Waals surface area contributed by atoms with Gasteiger partial charge in [0.05, 0.1) is 5.69 Å². The summed E-state index contributed by atoms with van der Waals surface area (Å²) in [6.45, 7) is 4.14. The Bertz CT molecular complexity index is 690. The second kappa shape index (κ2) is 5.32. The summed E-state index contributed by atoms with van der Waals surface area (Å²) in [5, 5.41) is 0. The second-order valence-electron chi connectivity index (χ2n) is 4.38. The molecule has 0 radical (unpaired) electrons. The summed E-state index contributed by atoms with van der Waals surface area (Å²) >= 11 is 1.57. The maximum Gasteiger partial charge on any atom is 0.242 e. The largest absolute Gasteiger partial charge is 0.398 e. The number of nitrogens with one attached hydrogen (secondary N) is 1. The third-order valence-electron chi connectivity index (χ3n) is 2.69. The Hall–Kier alpha value is -1.37. The van der Waals surface area contributed by atoms with Crippen molar-refractivity contribution in [2.45, 2.75) is 25.3 Å². The topological polar surface area (TPSA) is 72.2 Å². The summed E-state index contributed by atoms with van der Waals surface area (Å²) in [6, 6.07) is 8.81. The maximum atomic E-state index is 12.2. The molecule has 2 rings (SSSR count). The number of anilines is 1. The SMILES string of the molecule is Cc1ccc(S(=O)(=O)NCc2ccc(C)s2)c(N)c1. The fourth-order valence-electron chi connectivity index (χ4n) is 1.74. The number of rotatable bonds is 4. The fraction of sp³-hybridized carbons (Fsp3) is 0.231. The fourth-order valence-corrected chi connectivity index (χ4v) is 3.78. The van der Waals surface area contributed by atoms with E-state index in [1.807, 2.05) is 26.0 Å². The van der Waals surface area contributed by atoms with Crippen molar-refractivity contribution in [3.8, 4) is 0 Å². The Labute approximate surface area is 117 Å². The normalized spacial score (nSPS) is 11.7. The van der Waals surface area contributed by atoms with Crippen LogP contribution in [0.5, 0.6) is 0 Å². The lowest BCUT2D eigenvalue weighted by Gasteiger charge is -2.09. The number of nitrogens with two attached hydrogens (primary N) is 1. The minimum Gasteiger partial charge on any atom is -0.398 e. The van der Waals surface area contributed by atoms with Gasteiger partial charge in [-0.3, -0.25) is 0 Å². The van der Waals surface area contributed by atoms with Crippen LogP contribution < -0.4 is 10.5 Å². The molecule has 6 heteroatoms. The van der Waals surface area contributed by atoms with Crippen LogP contribution in [0.4, 0.5) is 5.69 Å². The van der Waals surface area contributed by atoms with E-state index >= 15 is 0 Å². The number of aryl methyl sites for hydroxylation is 2. The van der Waals surface area contributed by atoms with Crippen molar-refractivity contribution in [1.29, 1.82) is 0 Å². The molecule has 0 atom stereocenters. The van der Waals surface area contributed by atoms with E-state index in [0.29, 0.717) is 0 Å². The van der Waals surface area contributed by atoms with E-state index < -0.39 is 10.0 Å².